The summed E-state index contributed by atoms with van der Waals surface area (Å²) in [5, 5.41) is -0.357. The van der Waals surface area contributed by atoms with E-state index in [1.807, 2.05) is 12.1 Å². The van der Waals surface area contributed by atoms with E-state index >= 15 is 0 Å². The summed E-state index contributed by atoms with van der Waals surface area (Å²) in [5.74, 6) is 0.295. The highest BCUT2D eigenvalue weighted by Gasteiger charge is 2.37. The number of hydrogen-bond acceptors (Lipinski definition) is 3. The van der Waals surface area contributed by atoms with Crippen LogP contribution in [0.2, 0.25) is 0 Å². The first-order valence-corrected chi connectivity index (χ1v) is 6.77. The summed E-state index contributed by atoms with van der Waals surface area (Å²) in [6.07, 6.45) is 1.47. The zero-order valence-corrected chi connectivity index (χ0v) is 11.1. The van der Waals surface area contributed by atoms with Gasteiger partial charge in [-0.2, -0.15) is 0 Å². The molecule has 2 aliphatic heterocycles. The number of benzene rings is 1. The Kier molecular flexibility index (Phi) is 3.19. The highest BCUT2D eigenvalue weighted by Crippen LogP contribution is 2.31. The normalized spacial score (nSPS) is 25.9. The number of carbonyl (C=O) groups is 2. The fourth-order valence-electron chi connectivity index (χ4n) is 2.74. The minimum absolute atomic E-state index is 0.0344. The van der Waals surface area contributed by atoms with Crippen LogP contribution in [0.15, 0.2) is 24.3 Å². The molecule has 0 aliphatic carbocycles. The second-order valence-corrected chi connectivity index (χ2v) is 5.37. The molecule has 0 bridgehead atoms. The van der Waals surface area contributed by atoms with Gasteiger partial charge in [-0.05, 0) is 36.6 Å². The van der Waals surface area contributed by atoms with E-state index in [1.165, 1.54) is 0 Å². The van der Waals surface area contributed by atoms with Crippen LogP contribution >= 0.6 is 11.6 Å². The molecule has 2 atom stereocenters. The second-order valence-electron chi connectivity index (χ2n) is 5.00. The molecule has 0 saturated carbocycles. The molecule has 2 aliphatic rings. The number of halogens is 1. The van der Waals surface area contributed by atoms with Gasteiger partial charge in [-0.1, -0.05) is 12.1 Å². The van der Waals surface area contributed by atoms with Crippen molar-refractivity contribution in [2.75, 3.05) is 13.2 Å². The molecule has 1 saturated heterocycles. The largest absolute Gasteiger partial charge is 0.491 e. The Balaban J connectivity index is 1.92. The summed E-state index contributed by atoms with van der Waals surface area (Å²) in [4.78, 5) is 25.6. The van der Waals surface area contributed by atoms with Gasteiger partial charge in [-0.3, -0.25) is 9.59 Å². The first-order chi connectivity index (χ1) is 9.16. The highest BCUT2D eigenvalue weighted by atomic mass is 35.5. The molecule has 1 amide bonds. The maximum atomic E-state index is 12.5. The molecule has 19 heavy (non-hydrogen) atoms. The lowest BCUT2D eigenvalue weighted by molar-refractivity contribution is -0.116. The van der Waals surface area contributed by atoms with Crippen molar-refractivity contribution in [3.8, 4) is 5.75 Å². The Labute approximate surface area is 116 Å². The van der Waals surface area contributed by atoms with E-state index in [1.54, 1.807) is 17.0 Å². The first-order valence-electron chi connectivity index (χ1n) is 6.39. The van der Waals surface area contributed by atoms with Gasteiger partial charge in [0.05, 0.1) is 17.5 Å². The molecule has 0 spiro atoms. The second kappa shape index (κ2) is 4.85. The Hall–Kier alpha value is -1.55. The van der Waals surface area contributed by atoms with Gasteiger partial charge in [-0.25, -0.2) is 0 Å². The Bertz CT molecular complexity index is 531. The van der Waals surface area contributed by atoms with Gasteiger partial charge in [0, 0.05) is 6.54 Å². The van der Waals surface area contributed by atoms with Crippen LogP contribution in [0, 0.1) is 5.92 Å². The minimum atomic E-state index is -0.357. The first kappa shape index (κ1) is 12.5. The van der Waals surface area contributed by atoms with Crippen molar-refractivity contribution in [2.24, 2.45) is 5.92 Å². The predicted octanol–water partition coefficient (Wildman–Crippen LogP) is 2.07. The Morgan fingerprint density at radius 3 is 2.89 bits per heavy atom. The van der Waals surface area contributed by atoms with E-state index in [4.69, 9.17) is 16.3 Å². The predicted molar refractivity (Wildman–Crippen MR) is 70.3 cm³/mol. The summed E-state index contributed by atoms with van der Waals surface area (Å²) in [5.41, 5.74) is 0.563. The van der Waals surface area contributed by atoms with Crippen molar-refractivity contribution in [1.29, 1.82) is 0 Å². The minimum Gasteiger partial charge on any atom is -0.491 e. The van der Waals surface area contributed by atoms with E-state index < -0.39 is 0 Å². The SMILES string of the molecule is O=C(Cl)C1CCC2COc3ccccc3C(=O)N2C1. The van der Waals surface area contributed by atoms with Gasteiger partial charge in [0.2, 0.25) is 5.24 Å². The van der Waals surface area contributed by atoms with Gasteiger partial charge in [-0.15, -0.1) is 0 Å². The van der Waals surface area contributed by atoms with Crippen molar-refractivity contribution in [3.05, 3.63) is 29.8 Å². The van der Waals surface area contributed by atoms with Gasteiger partial charge < -0.3 is 9.64 Å². The smallest absolute Gasteiger partial charge is 0.258 e. The van der Waals surface area contributed by atoms with E-state index in [9.17, 15) is 9.59 Å². The third kappa shape index (κ3) is 2.21. The van der Waals surface area contributed by atoms with Gasteiger partial charge >= 0.3 is 0 Å². The summed E-state index contributed by atoms with van der Waals surface area (Å²) in [7, 11) is 0. The molecule has 5 heteroatoms. The standard InChI is InChI=1S/C14H14ClNO3/c15-13(17)9-5-6-10-8-19-12-4-2-1-3-11(12)14(18)16(10)7-9/h1-4,9-10H,5-8H2. The summed E-state index contributed by atoms with van der Waals surface area (Å²) in [6, 6.07) is 7.25. The molecule has 1 fully saturated rings. The zero-order chi connectivity index (χ0) is 13.4. The van der Waals surface area contributed by atoms with E-state index in [-0.39, 0.29) is 23.1 Å². The quantitative estimate of drug-likeness (QED) is 0.739. The molecule has 1 aromatic rings. The van der Waals surface area contributed by atoms with E-state index in [0.29, 0.717) is 24.5 Å². The average Bonchev–Trinajstić information content (AvgIpc) is 2.57. The van der Waals surface area contributed by atoms with Crippen molar-refractivity contribution >= 4 is 22.8 Å². The number of para-hydroxylation sites is 1. The number of piperidine rings is 1. The molecule has 100 valence electrons. The monoisotopic (exact) mass is 279 g/mol. The van der Waals surface area contributed by atoms with E-state index in [2.05, 4.69) is 0 Å². The summed E-state index contributed by atoms with van der Waals surface area (Å²) in [6.45, 7) is 0.871. The Morgan fingerprint density at radius 2 is 2.11 bits per heavy atom. The maximum Gasteiger partial charge on any atom is 0.258 e. The molecule has 0 N–H and O–H groups in total. The topological polar surface area (TPSA) is 46.6 Å². The number of carbonyl (C=O) groups excluding carboxylic acids is 2. The number of hydrogen-bond donors (Lipinski definition) is 0. The third-order valence-electron chi connectivity index (χ3n) is 3.84. The molecule has 4 nitrogen and oxygen atoms in total. The number of nitrogens with zero attached hydrogens (tertiary/aromatic N) is 1. The van der Waals surface area contributed by atoms with Crippen LogP contribution in [0.5, 0.6) is 5.75 Å². The molecule has 0 aromatic heterocycles. The number of rotatable bonds is 1. The van der Waals surface area contributed by atoms with Crippen LogP contribution in [-0.2, 0) is 4.79 Å². The van der Waals surface area contributed by atoms with Gasteiger partial charge in [0.1, 0.15) is 12.4 Å². The molecule has 3 rings (SSSR count). The van der Waals surface area contributed by atoms with Crippen molar-refractivity contribution < 1.29 is 14.3 Å². The zero-order valence-electron chi connectivity index (χ0n) is 10.3. The fraction of sp³-hybridized carbons (Fsp3) is 0.429. The summed E-state index contributed by atoms with van der Waals surface area (Å²) >= 11 is 5.57. The van der Waals surface area contributed by atoms with Crippen molar-refractivity contribution in [2.45, 2.75) is 18.9 Å². The lowest BCUT2D eigenvalue weighted by Crippen LogP contribution is -2.49. The van der Waals surface area contributed by atoms with E-state index in [0.717, 1.165) is 12.8 Å². The van der Waals surface area contributed by atoms with Crippen molar-refractivity contribution in [3.63, 3.8) is 0 Å². The van der Waals surface area contributed by atoms with Crippen LogP contribution < -0.4 is 4.74 Å². The van der Waals surface area contributed by atoms with Crippen LogP contribution in [0.1, 0.15) is 23.2 Å². The molecule has 0 radical (unpaired) electrons. The number of ether oxygens (including phenoxy) is 1. The van der Waals surface area contributed by atoms with Gasteiger partial charge in [0.25, 0.3) is 5.91 Å². The lowest BCUT2D eigenvalue weighted by Gasteiger charge is -2.36. The van der Waals surface area contributed by atoms with Crippen LogP contribution in [0.25, 0.3) is 0 Å². The van der Waals surface area contributed by atoms with Crippen LogP contribution in [0.4, 0.5) is 0 Å². The molecule has 2 unspecified atom stereocenters. The third-order valence-corrected chi connectivity index (χ3v) is 4.15. The molecular weight excluding hydrogens is 266 g/mol. The molecular formula is C14H14ClNO3. The average molecular weight is 280 g/mol. The maximum absolute atomic E-state index is 12.5. The Morgan fingerprint density at radius 1 is 1.32 bits per heavy atom. The fourth-order valence-corrected chi connectivity index (χ4v) is 2.92. The van der Waals surface area contributed by atoms with Crippen LogP contribution in [0.3, 0.4) is 0 Å². The number of amides is 1. The summed E-state index contributed by atoms with van der Waals surface area (Å²) < 4.78 is 5.70. The van der Waals surface area contributed by atoms with Crippen LogP contribution in [-0.4, -0.2) is 35.2 Å². The van der Waals surface area contributed by atoms with Crippen molar-refractivity contribution in [1.82, 2.24) is 4.90 Å². The molecule has 2 heterocycles. The van der Waals surface area contributed by atoms with Gasteiger partial charge in [0.15, 0.2) is 0 Å². The number of fused-ring (bicyclic) bond motifs is 2. The molecule has 1 aromatic carbocycles. The highest BCUT2D eigenvalue weighted by molar-refractivity contribution is 6.64. The lowest BCUT2D eigenvalue weighted by atomic mass is 9.93.